The zero-order valence-corrected chi connectivity index (χ0v) is 27.0. The molecule has 0 spiro atoms. The number of fused-ring (bicyclic) bond motifs is 2. The fourth-order valence-electron chi connectivity index (χ4n) is 7.88. The Morgan fingerprint density at radius 3 is 1.56 bits per heavy atom. The van der Waals surface area contributed by atoms with Crippen LogP contribution in [0, 0.1) is 56.8 Å². The molecule has 3 aliphatic carbocycles. The molecule has 3 rings (SSSR count). The second kappa shape index (κ2) is 11.3. The van der Waals surface area contributed by atoms with Gasteiger partial charge in [0.1, 0.15) is 0 Å². The Bertz CT molecular complexity index is 578. The van der Waals surface area contributed by atoms with Crippen LogP contribution < -0.4 is 0 Å². The van der Waals surface area contributed by atoms with Crippen LogP contribution in [0.4, 0.5) is 0 Å². The van der Waals surface area contributed by atoms with Crippen LogP contribution in [0.3, 0.4) is 0 Å². The van der Waals surface area contributed by atoms with Crippen molar-refractivity contribution in [2.45, 2.75) is 111 Å². The summed E-state index contributed by atoms with van der Waals surface area (Å²) in [6, 6.07) is 0.763. The summed E-state index contributed by atoms with van der Waals surface area (Å²) < 4.78 is 0. The molecule has 32 heavy (non-hydrogen) atoms. The summed E-state index contributed by atoms with van der Waals surface area (Å²) in [7, 11) is 3.03. The van der Waals surface area contributed by atoms with Gasteiger partial charge in [0.2, 0.25) is 0 Å². The molecule has 0 aromatic rings. The van der Waals surface area contributed by atoms with Gasteiger partial charge in [0.15, 0.2) is 0 Å². The van der Waals surface area contributed by atoms with Crippen molar-refractivity contribution >= 4 is 8.24 Å². The first-order chi connectivity index (χ1) is 12.6. The van der Waals surface area contributed by atoms with Crippen LogP contribution in [-0.4, -0.2) is 38.8 Å². The number of nitrogens with zero attached hydrogens (tertiary/aromatic N) is 2. The molecule has 0 radical (unpaired) electrons. The predicted molar refractivity (Wildman–Crippen MR) is 146 cm³/mol. The van der Waals surface area contributed by atoms with Gasteiger partial charge in [-0.3, -0.25) is 0 Å². The van der Waals surface area contributed by atoms with E-state index in [-0.39, 0.29) is 49.5 Å². The Morgan fingerprint density at radius 1 is 0.781 bits per heavy atom. The minimum atomic E-state index is -1.64. The first-order valence-corrected chi connectivity index (χ1v) is 15.0. The molecule has 0 heterocycles. The van der Waals surface area contributed by atoms with Crippen LogP contribution in [-0.2, 0) is 21.7 Å². The van der Waals surface area contributed by atoms with E-state index in [1.54, 1.807) is 0 Å². The van der Waals surface area contributed by atoms with Crippen molar-refractivity contribution < 1.29 is 21.7 Å². The largest absolute Gasteiger partial charge is 4.00 e. The zero-order valence-electron chi connectivity index (χ0n) is 24.4. The smallest absolute Gasteiger partial charge is 0.660 e. The van der Waals surface area contributed by atoms with Crippen molar-refractivity contribution in [2.75, 3.05) is 14.1 Å². The second-order valence-electron chi connectivity index (χ2n) is 13.8. The van der Waals surface area contributed by atoms with Gasteiger partial charge in [-0.1, -0.05) is 75.3 Å². The van der Waals surface area contributed by atoms with E-state index in [9.17, 15) is 0 Å². The van der Waals surface area contributed by atoms with E-state index in [1.807, 2.05) is 0 Å². The van der Waals surface area contributed by atoms with Gasteiger partial charge in [0.25, 0.3) is 0 Å². The summed E-state index contributed by atoms with van der Waals surface area (Å²) in [6.07, 6.45) is 7.14. The maximum absolute atomic E-state index is 5.50. The zero-order chi connectivity index (χ0) is 21.3. The van der Waals surface area contributed by atoms with E-state index < -0.39 is 8.24 Å². The SMILES string of the molecule is CN(C)C1CC([Si](C)(C)[N-]C(C)(C)C)C2C[C@H]3C(CC21)C(C)(C)CCC3(C)C.[CH3-].[CH3-].[CH3-].[Ti+4]. The van der Waals surface area contributed by atoms with Crippen LogP contribution in [0.25, 0.3) is 4.98 Å². The maximum atomic E-state index is 5.50. The van der Waals surface area contributed by atoms with Crippen molar-refractivity contribution in [1.82, 2.24) is 4.90 Å². The standard InChI is InChI=1S/C25H49N2Si.3CH3.Ti/c1-23(2,3)26-28(10,11)22-16-21(27(8)9)17-14-19-20(15-18(17)22)25(6,7)13-12-24(19,4)5;;;;/h17-22H,12-16H2,1-11H3;3*1H3;/q4*-1;+4/t17?,18?,19?,20-,21?,22?;;;;/m0..../s1. The van der Waals surface area contributed by atoms with Crippen LogP contribution in [0.2, 0.25) is 18.6 Å². The quantitative estimate of drug-likeness (QED) is 0.281. The molecule has 0 aliphatic heterocycles. The Kier molecular flexibility index (Phi) is 12.3. The van der Waals surface area contributed by atoms with Gasteiger partial charge in [-0.25, -0.2) is 0 Å². The molecule has 4 heteroatoms. The van der Waals surface area contributed by atoms with E-state index in [2.05, 4.69) is 80.6 Å². The molecule has 0 saturated heterocycles. The molecular formula is C28H58N2SiTi. The Morgan fingerprint density at radius 2 is 1.19 bits per heavy atom. The summed E-state index contributed by atoms with van der Waals surface area (Å²) in [5.74, 6) is 3.59. The van der Waals surface area contributed by atoms with E-state index in [0.717, 1.165) is 35.3 Å². The molecule has 0 amide bonds. The molecule has 0 N–H and O–H groups in total. The van der Waals surface area contributed by atoms with E-state index >= 15 is 0 Å². The van der Waals surface area contributed by atoms with Gasteiger partial charge in [-0.05, 0) is 80.7 Å². The van der Waals surface area contributed by atoms with Gasteiger partial charge in [-0.15, -0.1) is 5.54 Å². The molecule has 188 valence electrons. The fraction of sp³-hybridized carbons (Fsp3) is 0.893. The molecule has 0 bridgehead atoms. The van der Waals surface area contributed by atoms with Gasteiger partial charge < -0.3 is 32.2 Å². The second-order valence-corrected chi connectivity index (χ2v) is 18.1. The monoisotopic (exact) mass is 498 g/mol. The van der Waals surface area contributed by atoms with E-state index in [0.29, 0.717) is 10.8 Å². The normalized spacial score (nSPS) is 35.2. The van der Waals surface area contributed by atoms with Gasteiger partial charge in [-0.2, -0.15) is 0 Å². The third-order valence-corrected chi connectivity index (χ3v) is 12.9. The molecule has 2 nitrogen and oxygen atoms in total. The van der Waals surface area contributed by atoms with Crippen molar-refractivity contribution in [3.63, 3.8) is 0 Å². The Hall–Kier alpha value is 0.851. The summed E-state index contributed by atoms with van der Waals surface area (Å²) in [4.78, 5) is 8.07. The van der Waals surface area contributed by atoms with Gasteiger partial charge in [0, 0.05) is 6.04 Å². The minimum Gasteiger partial charge on any atom is -0.660 e. The molecule has 5 unspecified atom stereocenters. The average molecular weight is 499 g/mol. The Labute approximate surface area is 220 Å². The van der Waals surface area contributed by atoms with Crippen molar-refractivity contribution in [3.05, 3.63) is 27.3 Å². The molecule has 0 aromatic carbocycles. The van der Waals surface area contributed by atoms with Gasteiger partial charge in [0.05, 0.1) is 0 Å². The molecule has 3 saturated carbocycles. The van der Waals surface area contributed by atoms with Crippen molar-refractivity contribution in [3.8, 4) is 0 Å². The van der Waals surface area contributed by atoms with Crippen LogP contribution >= 0.6 is 0 Å². The van der Waals surface area contributed by atoms with Gasteiger partial charge >= 0.3 is 21.7 Å². The maximum Gasteiger partial charge on any atom is 4.00 e. The molecule has 0 aromatic heterocycles. The van der Waals surface area contributed by atoms with Crippen LogP contribution in [0.15, 0.2) is 0 Å². The fourth-order valence-corrected chi connectivity index (χ4v) is 12.0. The van der Waals surface area contributed by atoms with E-state index in [1.165, 1.54) is 32.1 Å². The average Bonchev–Trinajstić information content (AvgIpc) is 2.88. The van der Waals surface area contributed by atoms with Crippen molar-refractivity contribution in [2.24, 2.45) is 34.5 Å². The third-order valence-electron chi connectivity index (χ3n) is 9.21. The molecule has 3 aliphatic rings. The first kappa shape index (κ1) is 35.0. The molecular weight excluding hydrogens is 440 g/mol. The summed E-state index contributed by atoms with van der Waals surface area (Å²) in [5, 5.41) is 0. The first-order valence-electron chi connectivity index (χ1n) is 12.0. The molecule has 3 fully saturated rings. The van der Waals surface area contributed by atoms with Crippen LogP contribution in [0.1, 0.15) is 80.6 Å². The summed E-state index contributed by atoms with van der Waals surface area (Å²) in [5.41, 5.74) is 1.98. The Balaban J connectivity index is 0. The van der Waals surface area contributed by atoms with Crippen molar-refractivity contribution in [1.29, 1.82) is 0 Å². The number of hydrogen-bond acceptors (Lipinski definition) is 1. The summed E-state index contributed by atoms with van der Waals surface area (Å²) in [6.45, 7) is 22.4. The summed E-state index contributed by atoms with van der Waals surface area (Å²) >= 11 is 0. The van der Waals surface area contributed by atoms with E-state index in [4.69, 9.17) is 4.98 Å². The topological polar surface area (TPSA) is 17.3 Å². The number of rotatable bonds is 3. The predicted octanol–water partition coefficient (Wildman–Crippen LogP) is 8.52. The molecule has 6 atom stereocenters. The third kappa shape index (κ3) is 6.74. The van der Waals surface area contributed by atoms with Crippen LogP contribution in [0.5, 0.6) is 0 Å². The minimum absolute atomic E-state index is 0. The number of hydrogen-bond donors (Lipinski definition) is 0.